The Balaban J connectivity index is 2.49. The number of carboxylic acid groups (broad SMARTS) is 1. The van der Waals surface area contributed by atoms with Gasteiger partial charge >= 0.3 is 12.0 Å². The lowest BCUT2D eigenvalue weighted by atomic mass is 9.99. The zero-order chi connectivity index (χ0) is 17.5. The third-order valence-corrected chi connectivity index (χ3v) is 2.97. The van der Waals surface area contributed by atoms with Gasteiger partial charge in [-0.15, -0.1) is 0 Å². The van der Waals surface area contributed by atoms with Crippen molar-refractivity contribution < 1.29 is 19.4 Å². The van der Waals surface area contributed by atoms with Gasteiger partial charge in [0.25, 0.3) is 0 Å². The summed E-state index contributed by atoms with van der Waals surface area (Å²) in [5.41, 5.74) is -0.0793. The molecule has 0 saturated carbocycles. The van der Waals surface area contributed by atoms with Crippen LogP contribution in [0.4, 0.5) is 10.5 Å². The van der Waals surface area contributed by atoms with Gasteiger partial charge in [-0.25, -0.2) is 9.78 Å². The van der Waals surface area contributed by atoms with Gasteiger partial charge in [-0.1, -0.05) is 13.8 Å². The Morgan fingerprint density at radius 2 is 2.04 bits per heavy atom. The number of ether oxygens (including phenoxy) is 1. The number of pyridine rings is 1. The molecule has 7 nitrogen and oxygen atoms in total. The number of hydrogen-bond acceptors (Lipinski definition) is 4. The highest BCUT2D eigenvalue weighted by Crippen LogP contribution is 2.14. The summed E-state index contributed by atoms with van der Waals surface area (Å²) in [5.74, 6) is 0.0290. The van der Waals surface area contributed by atoms with Gasteiger partial charge in [0.05, 0.1) is 18.5 Å². The van der Waals surface area contributed by atoms with Gasteiger partial charge in [0.1, 0.15) is 0 Å². The van der Waals surface area contributed by atoms with E-state index >= 15 is 0 Å². The van der Waals surface area contributed by atoms with Gasteiger partial charge in [-0.3, -0.25) is 4.79 Å². The average Bonchev–Trinajstić information content (AvgIpc) is 2.44. The van der Waals surface area contributed by atoms with E-state index in [0.717, 1.165) is 0 Å². The molecule has 0 aliphatic heterocycles. The molecule has 0 aromatic carbocycles. The fraction of sp³-hybridized carbons (Fsp3) is 0.562. The molecule has 128 valence electrons. The molecule has 1 aromatic heterocycles. The van der Waals surface area contributed by atoms with Crippen LogP contribution in [0.2, 0.25) is 0 Å². The molecule has 3 N–H and O–H groups in total. The van der Waals surface area contributed by atoms with Crippen molar-refractivity contribution in [1.29, 1.82) is 0 Å². The molecule has 0 radical (unpaired) electrons. The van der Waals surface area contributed by atoms with Crippen molar-refractivity contribution in [3.05, 3.63) is 18.3 Å². The van der Waals surface area contributed by atoms with Crippen molar-refractivity contribution in [3.8, 4) is 5.88 Å². The van der Waals surface area contributed by atoms with E-state index in [2.05, 4.69) is 15.6 Å². The lowest BCUT2D eigenvalue weighted by molar-refractivity contribution is -0.137. The molecule has 1 aromatic rings. The monoisotopic (exact) mass is 323 g/mol. The van der Waals surface area contributed by atoms with Crippen molar-refractivity contribution in [1.82, 2.24) is 10.3 Å². The SMILES string of the molecule is CC(C)COc1ccc(NC(=O)NC(C)(C)CCC(=O)O)cn1. The van der Waals surface area contributed by atoms with Gasteiger partial charge in [-0.05, 0) is 32.3 Å². The highest BCUT2D eigenvalue weighted by Gasteiger charge is 2.21. The maximum atomic E-state index is 11.9. The fourth-order valence-electron chi connectivity index (χ4n) is 1.74. The van der Waals surface area contributed by atoms with Crippen LogP contribution in [0.1, 0.15) is 40.5 Å². The molecule has 0 aliphatic rings. The number of hydrogen-bond donors (Lipinski definition) is 3. The number of nitrogens with one attached hydrogen (secondary N) is 2. The fourth-order valence-corrected chi connectivity index (χ4v) is 1.74. The van der Waals surface area contributed by atoms with E-state index in [-0.39, 0.29) is 6.42 Å². The first kappa shape index (κ1) is 18.7. The minimum Gasteiger partial charge on any atom is -0.481 e. The first-order valence-corrected chi connectivity index (χ1v) is 7.58. The maximum absolute atomic E-state index is 11.9. The van der Waals surface area contributed by atoms with E-state index < -0.39 is 17.5 Å². The summed E-state index contributed by atoms with van der Waals surface area (Å²) in [6.45, 7) is 8.23. The number of carbonyl (C=O) groups excluding carboxylic acids is 1. The Bertz CT molecular complexity index is 527. The molecule has 0 spiro atoms. The summed E-state index contributed by atoms with van der Waals surface area (Å²) in [4.78, 5) is 26.7. The number of nitrogens with zero attached hydrogens (tertiary/aromatic N) is 1. The standard InChI is InChI=1S/C16H25N3O4/c1-11(2)10-23-13-6-5-12(9-17-13)18-15(22)19-16(3,4)8-7-14(20)21/h5-6,9,11H,7-8,10H2,1-4H3,(H,20,21)(H2,18,19,22). The predicted molar refractivity (Wildman–Crippen MR) is 87.7 cm³/mol. The first-order valence-electron chi connectivity index (χ1n) is 7.58. The second kappa shape index (κ2) is 8.36. The second-order valence-corrected chi connectivity index (χ2v) is 6.45. The van der Waals surface area contributed by atoms with Gasteiger partial charge in [-0.2, -0.15) is 0 Å². The van der Waals surface area contributed by atoms with Crippen molar-refractivity contribution >= 4 is 17.7 Å². The maximum Gasteiger partial charge on any atom is 0.319 e. The van der Waals surface area contributed by atoms with E-state index in [1.54, 1.807) is 26.0 Å². The Morgan fingerprint density at radius 3 is 2.57 bits per heavy atom. The molecule has 1 rings (SSSR count). The number of amides is 2. The van der Waals surface area contributed by atoms with Crippen LogP contribution in [0.5, 0.6) is 5.88 Å². The predicted octanol–water partition coefficient (Wildman–Crippen LogP) is 2.88. The quantitative estimate of drug-likeness (QED) is 0.683. The lowest BCUT2D eigenvalue weighted by Gasteiger charge is -2.25. The van der Waals surface area contributed by atoms with Gasteiger partial charge in [0.2, 0.25) is 5.88 Å². The van der Waals surface area contributed by atoms with Crippen molar-refractivity contribution in [2.75, 3.05) is 11.9 Å². The van der Waals surface area contributed by atoms with Gasteiger partial charge < -0.3 is 20.5 Å². The number of carboxylic acids is 1. The van der Waals surface area contributed by atoms with Crippen LogP contribution >= 0.6 is 0 Å². The van der Waals surface area contributed by atoms with Crippen LogP contribution in [-0.2, 0) is 4.79 Å². The number of carbonyl (C=O) groups is 2. The van der Waals surface area contributed by atoms with Crippen molar-refractivity contribution in [2.45, 2.75) is 46.1 Å². The Kier molecular flexibility index (Phi) is 6.81. The van der Waals surface area contributed by atoms with Crippen LogP contribution in [0.15, 0.2) is 18.3 Å². The van der Waals surface area contributed by atoms with Gasteiger partial charge in [0, 0.05) is 18.0 Å². The summed E-state index contributed by atoms with van der Waals surface area (Å²) in [6, 6.07) is 2.98. The summed E-state index contributed by atoms with van der Waals surface area (Å²) < 4.78 is 5.47. The molecule has 23 heavy (non-hydrogen) atoms. The van der Waals surface area contributed by atoms with Crippen molar-refractivity contribution in [2.24, 2.45) is 5.92 Å². The molecule has 2 amide bonds. The number of rotatable bonds is 8. The van der Waals surface area contributed by atoms with E-state index in [9.17, 15) is 9.59 Å². The third-order valence-electron chi connectivity index (χ3n) is 2.97. The minimum absolute atomic E-state index is 0.00325. The van der Waals surface area contributed by atoms with E-state index in [4.69, 9.17) is 9.84 Å². The highest BCUT2D eigenvalue weighted by atomic mass is 16.5. The molecule has 0 unspecified atom stereocenters. The van der Waals surface area contributed by atoms with Crippen LogP contribution in [0.25, 0.3) is 0 Å². The zero-order valence-corrected chi connectivity index (χ0v) is 14.0. The molecule has 0 fully saturated rings. The normalized spacial score (nSPS) is 11.2. The number of aromatic nitrogens is 1. The minimum atomic E-state index is -0.888. The first-order chi connectivity index (χ1) is 10.7. The lowest BCUT2D eigenvalue weighted by Crippen LogP contribution is -2.45. The van der Waals surface area contributed by atoms with E-state index in [0.29, 0.717) is 30.5 Å². The molecule has 1 heterocycles. The molecule has 0 saturated heterocycles. The van der Waals surface area contributed by atoms with Crippen LogP contribution in [0.3, 0.4) is 0 Å². The largest absolute Gasteiger partial charge is 0.481 e. The molecular weight excluding hydrogens is 298 g/mol. The molecule has 7 heteroatoms. The highest BCUT2D eigenvalue weighted by molar-refractivity contribution is 5.89. The van der Waals surface area contributed by atoms with Crippen molar-refractivity contribution in [3.63, 3.8) is 0 Å². The van der Waals surface area contributed by atoms with E-state index in [1.807, 2.05) is 13.8 Å². The molecule has 0 atom stereocenters. The average molecular weight is 323 g/mol. The second-order valence-electron chi connectivity index (χ2n) is 6.45. The summed E-state index contributed by atoms with van der Waals surface area (Å²) >= 11 is 0. The summed E-state index contributed by atoms with van der Waals surface area (Å²) in [6.07, 6.45) is 1.85. The van der Waals surface area contributed by atoms with Crippen LogP contribution < -0.4 is 15.4 Å². The van der Waals surface area contributed by atoms with Crippen LogP contribution in [-0.4, -0.2) is 34.2 Å². The number of aliphatic carboxylic acids is 1. The molecule has 0 bridgehead atoms. The third kappa shape index (κ3) is 8.04. The molecular formula is C16H25N3O4. The summed E-state index contributed by atoms with van der Waals surface area (Å²) in [5, 5.41) is 14.1. The summed E-state index contributed by atoms with van der Waals surface area (Å²) in [7, 11) is 0. The van der Waals surface area contributed by atoms with E-state index in [1.165, 1.54) is 6.20 Å². The Morgan fingerprint density at radius 1 is 1.35 bits per heavy atom. The number of anilines is 1. The zero-order valence-electron chi connectivity index (χ0n) is 14.0. The van der Waals surface area contributed by atoms with Gasteiger partial charge in [0.15, 0.2) is 0 Å². The smallest absolute Gasteiger partial charge is 0.319 e. The van der Waals surface area contributed by atoms with Crippen LogP contribution in [0, 0.1) is 5.92 Å². The Hall–Kier alpha value is -2.31. The Labute approximate surface area is 136 Å². The molecule has 0 aliphatic carbocycles. The number of urea groups is 1. The topological polar surface area (TPSA) is 101 Å².